The molecule has 0 aliphatic carbocycles. The Hall–Kier alpha value is -4.42. The first-order valence-electron chi connectivity index (χ1n) is 13.7. The molecule has 2 aromatic heterocycles. The second-order valence-electron chi connectivity index (χ2n) is 10.6. The molecule has 202 valence electrons. The van der Waals surface area contributed by atoms with Gasteiger partial charge in [-0.2, -0.15) is 10.4 Å². The molecule has 4 aromatic rings. The summed E-state index contributed by atoms with van der Waals surface area (Å²) in [5.41, 5.74) is 4.46. The zero-order valence-corrected chi connectivity index (χ0v) is 22.2. The number of carbonyl (C=O) groups is 1. The summed E-state index contributed by atoms with van der Waals surface area (Å²) < 4.78 is 15.2. The first-order valence-corrected chi connectivity index (χ1v) is 13.7. The largest absolute Gasteiger partial charge is 0.338 e. The minimum atomic E-state index is -0.520. The Labute approximate surface area is 232 Å². The molecule has 2 aromatic carbocycles. The van der Waals surface area contributed by atoms with Crippen molar-refractivity contribution in [3.05, 3.63) is 107 Å². The van der Waals surface area contributed by atoms with E-state index in [1.165, 1.54) is 11.1 Å². The molecule has 40 heavy (non-hydrogen) atoms. The molecule has 9 heteroatoms. The maximum Gasteiger partial charge on any atom is 0.257 e. The molecule has 6 rings (SSSR count). The van der Waals surface area contributed by atoms with Gasteiger partial charge in [0, 0.05) is 31.5 Å². The first kappa shape index (κ1) is 25.8. The molecule has 1 unspecified atom stereocenters. The van der Waals surface area contributed by atoms with Gasteiger partial charge in [-0.25, -0.2) is 19.0 Å². The molecule has 8 nitrogen and oxygen atoms in total. The van der Waals surface area contributed by atoms with E-state index in [2.05, 4.69) is 38.2 Å². The third-order valence-electron chi connectivity index (χ3n) is 8.04. The highest BCUT2D eigenvalue weighted by Crippen LogP contribution is 2.34. The summed E-state index contributed by atoms with van der Waals surface area (Å²) in [7, 11) is 0. The second-order valence-corrected chi connectivity index (χ2v) is 10.6. The quantitative estimate of drug-likeness (QED) is 0.356. The van der Waals surface area contributed by atoms with Crippen molar-refractivity contribution >= 4 is 5.91 Å². The lowest BCUT2D eigenvalue weighted by Gasteiger charge is -2.32. The van der Waals surface area contributed by atoms with Gasteiger partial charge >= 0.3 is 0 Å². The molecule has 1 atom stereocenters. The van der Waals surface area contributed by atoms with Gasteiger partial charge in [-0.15, -0.1) is 0 Å². The van der Waals surface area contributed by atoms with Gasteiger partial charge in [-0.05, 0) is 55.6 Å². The third-order valence-corrected chi connectivity index (χ3v) is 8.04. The number of amides is 1. The number of piperidine rings is 1. The highest BCUT2D eigenvalue weighted by atomic mass is 19.1. The van der Waals surface area contributed by atoms with E-state index in [-0.39, 0.29) is 17.8 Å². The standard InChI is InChI=1S/C31H30FN7O/c32-27-17-34-31(35-18-27)39-29(25-10-13-37(14-11-25)20-23-8-6-22(16-33)7-9-23)28(19-36-39)30(40)38-15-12-26(21-38)24-4-2-1-3-5-24/h1-9,17-19,25-26H,10-15,20-21H2. The fraction of sp³-hybridized carbons (Fsp3) is 0.323. The molecular weight excluding hydrogens is 505 g/mol. The summed E-state index contributed by atoms with van der Waals surface area (Å²) in [6, 6.07) is 20.2. The van der Waals surface area contributed by atoms with Crippen molar-refractivity contribution in [2.75, 3.05) is 26.2 Å². The van der Waals surface area contributed by atoms with Crippen LogP contribution in [-0.2, 0) is 6.54 Å². The van der Waals surface area contributed by atoms with E-state index in [0.717, 1.165) is 57.0 Å². The van der Waals surface area contributed by atoms with Crippen LogP contribution in [0.3, 0.4) is 0 Å². The number of hydrogen-bond donors (Lipinski definition) is 0. The highest BCUT2D eigenvalue weighted by molar-refractivity contribution is 5.95. The predicted molar refractivity (Wildman–Crippen MR) is 147 cm³/mol. The molecular formula is C31H30FN7O. The van der Waals surface area contributed by atoms with Gasteiger partial charge in [0.25, 0.3) is 11.9 Å². The van der Waals surface area contributed by atoms with Gasteiger partial charge in [0.05, 0.1) is 41.5 Å². The zero-order chi connectivity index (χ0) is 27.5. The van der Waals surface area contributed by atoms with Gasteiger partial charge < -0.3 is 4.90 Å². The third kappa shape index (κ3) is 5.36. The maximum absolute atomic E-state index is 13.9. The van der Waals surface area contributed by atoms with E-state index in [1.807, 2.05) is 47.4 Å². The minimum Gasteiger partial charge on any atom is -0.338 e. The molecule has 0 N–H and O–H groups in total. The van der Waals surface area contributed by atoms with Crippen LogP contribution in [0.1, 0.15) is 63.8 Å². The molecule has 2 aliphatic rings. The van der Waals surface area contributed by atoms with Crippen molar-refractivity contribution in [3.63, 3.8) is 0 Å². The van der Waals surface area contributed by atoms with Crippen LogP contribution in [-0.4, -0.2) is 61.6 Å². The highest BCUT2D eigenvalue weighted by Gasteiger charge is 2.34. The number of halogens is 1. The molecule has 1 amide bonds. The molecule has 2 saturated heterocycles. The number of nitriles is 1. The molecule has 0 radical (unpaired) electrons. The van der Waals surface area contributed by atoms with E-state index in [1.54, 1.807) is 10.9 Å². The molecule has 2 fully saturated rings. The van der Waals surface area contributed by atoms with Crippen LogP contribution in [0.5, 0.6) is 0 Å². The van der Waals surface area contributed by atoms with Crippen LogP contribution in [0.25, 0.3) is 5.95 Å². The number of benzene rings is 2. The molecule has 4 heterocycles. The fourth-order valence-electron chi connectivity index (χ4n) is 5.91. The van der Waals surface area contributed by atoms with Crippen LogP contribution in [0.2, 0.25) is 0 Å². The Morgan fingerprint density at radius 2 is 1.62 bits per heavy atom. The van der Waals surface area contributed by atoms with Gasteiger partial charge in [0.1, 0.15) is 0 Å². The van der Waals surface area contributed by atoms with Gasteiger partial charge in [0.2, 0.25) is 0 Å². The number of nitrogens with zero attached hydrogens (tertiary/aromatic N) is 7. The summed E-state index contributed by atoms with van der Waals surface area (Å²) in [5.74, 6) is 0.115. The van der Waals surface area contributed by atoms with Gasteiger partial charge in [-0.1, -0.05) is 42.5 Å². The summed E-state index contributed by atoms with van der Waals surface area (Å²) in [6.07, 6.45) is 6.49. The summed E-state index contributed by atoms with van der Waals surface area (Å²) in [4.78, 5) is 26.5. The Morgan fingerprint density at radius 1 is 0.925 bits per heavy atom. The zero-order valence-electron chi connectivity index (χ0n) is 22.2. The lowest BCUT2D eigenvalue weighted by Crippen LogP contribution is -2.34. The number of carbonyl (C=O) groups excluding carboxylic acids is 1. The van der Waals surface area contributed by atoms with Gasteiger partial charge in [0.15, 0.2) is 5.82 Å². The average Bonchev–Trinajstić information content (AvgIpc) is 3.67. The number of rotatable bonds is 6. The van der Waals surface area contributed by atoms with Crippen LogP contribution in [0, 0.1) is 17.1 Å². The van der Waals surface area contributed by atoms with Crippen molar-refractivity contribution < 1.29 is 9.18 Å². The summed E-state index contributed by atoms with van der Waals surface area (Å²) in [6.45, 7) is 3.88. The van der Waals surface area contributed by atoms with Gasteiger partial charge in [-0.3, -0.25) is 9.69 Å². The van der Waals surface area contributed by atoms with E-state index < -0.39 is 5.82 Å². The summed E-state index contributed by atoms with van der Waals surface area (Å²) in [5, 5.41) is 13.6. The van der Waals surface area contributed by atoms with Crippen molar-refractivity contribution in [2.24, 2.45) is 0 Å². The van der Waals surface area contributed by atoms with Crippen LogP contribution in [0.4, 0.5) is 4.39 Å². The summed E-state index contributed by atoms with van der Waals surface area (Å²) >= 11 is 0. The van der Waals surface area contributed by atoms with E-state index in [9.17, 15) is 9.18 Å². The van der Waals surface area contributed by atoms with Crippen LogP contribution >= 0.6 is 0 Å². The van der Waals surface area contributed by atoms with E-state index in [4.69, 9.17) is 5.26 Å². The topological polar surface area (TPSA) is 90.9 Å². The van der Waals surface area contributed by atoms with E-state index >= 15 is 0 Å². The normalized spacial score (nSPS) is 18.1. The molecule has 0 bridgehead atoms. The van der Waals surface area contributed by atoms with Crippen molar-refractivity contribution in [1.29, 1.82) is 5.26 Å². The lowest BCUT2D eigenvalue weighted by molar-refractivity contribution is 0.0788. The molecule has 0 spiro atoms. The monoisotopic (exact) mass is 535 g/mol. The SMILES string of the molecule is N#Cc1ccc(CN2CCC(c3c(C(=O)N4CCC(c5ccccc5)C4)cnn3-c3ncc(F)cn3)CC2)cc1. The predicted octanol–water partition coefficient (Wildman–Crippen LogP) is 4.68. The smallest absolute Gasteiger partial charge is 0.257 e. The number of likely N-dealkylation sites (tertiary alicyclic amines) is 2. The van der Waals surface area contributed by atoms with E-state index in [0.29, 0.717) is 30.1 Å². The number of hydrogen-bond acceptors (Lipinski definition) is 6. The van der Waals surface area contributed by atoms with Crippen LogP contribution in [0.15, 0.2) is 73.2 Å². The first-order chi connectivity index (χ1) is 19.6. The van der Waals surface area contributed by atoms with Crippen molar-refractivity contribution in [1.82, 2.24) is 29.5 Å². The number of aromatic nitrogens is 4. The Balaban J connectivity index is 1.22. The second kappa shape index (κ2) is 11.4. The Kier molecular flexibility index (Phi) is 7.34. The lowest BCUT2D eigenvalue weighted by atomic mass is 9.90. The maximum atomic E-state index is 13.9. The molecule has 2 aliphatic heterocycles. The Bertz CT molecular complexity index is 1500. The fourth-order valence-corrected chi connectivity index (χ4v) is 5.91. The Morgan fingerprint density at radius 3 is 2.33 bits per heavy atom. The molecule has 0 saturated carbocycles. The minimum absolute atomic E-state index is 0.0261. The average molecular weight is 536 g/mol. The van der Waals surface area contributed by atoms with Crippen molar-refractivity contribution in [3.8, 4) is 12.0 Å². The van der Waals surface area contributed by atoms with Crippen molar-refractivity contribution in [2.45, 2.75) is 37.6 Å². The van der Waals surface area contributed by atoms with Crippen LogP contribution < -0.4 is 0 Å².